The van der Waals surface area contributed by atoms with Gasteiger partial charge in [-0.25, -0.2) is 14.8 Å². The van der Waals surface area contributed by atoms with Gasteiger partial charge in [0.2, 0.25) is 0 Å². The number of anilines is 1. The largest absolute Gasteiger partial charge is 0.476 e. The zero-order valence-electron chi connectivity index (χ0n) is 14.1. The lowest BCUT2D eigenvalue weighted by Crippen LogP contribution is -2.20. The number of nitrogens with zero attached hydrogens (tertiary/aromatic N) is 3. The smallest absolute Gasteiger partial charge is 0.356 e. The number of benzene rings is 1. The normalized spacial score (nSPS) is 10.6. The van der Waals surface area contributed by atoms with Crippen molar-refractivity contribution in [2.45, 2.75) is 6.61 Å². The molecular weight excluding hydrogens is 374 g/mol. The van der Waals surface area contributed by atoms with E-state index in [4.69, 9.17) is 16.3 Å². The van der Waals surface area contributed by atoms with E-state index in [1.165, 1.54) is 19.5 Å². The third-order valence-corrected chi connectivity index (χ3v) is 3.86. The van der Waals surface area contributed by atoms with Crippen LogP contribution in [0.2, 0.25) is 5.02 Å². The van der Waals surface area contributed by atoms with Crippen molar-refractivity contribution in [2.24, 2.45) is 0 Å². The topological polar surface area (TPSA) is 130 Å². The Hall–Kier alpha value is -3.30. The van der Waals surface area contributed by atoms with E-state index in [1.807, 2.05) is 0 Å². The molecule has 0 radical (unpaired) electrons. The van der Waals surface area contributed by atoms with Gasteiger partial charge in [-0.15, -0.1) is 0 Å². The number of carboxylic acids is 1. The predicted octanol–water partition coefficient (Wildman–Crippen LogP) is 2.62. The molecule has 0 aliphatic carbocycles. The van der Waals surface area contributed by atoms with Crippen molar-refractivity contribution in [1.29, 1.82) is 0 Å². The maximum atomic E-state index is 12.6. The second-order valence-corrected chi connectivity index (χ2v) is 5.81. The van der Waals surface area contributed by atoms with Gasteiger partial charge in [0.25, 0.3) is 5.91 Å². The van der Waals surface area contributed by atoms with E-state index in [0.717, 1.165) is 5.56 Å². The van der Waals surface area contributed by atoms with E-state index in [2.05, 4.69) is 25.5 Å². The van der Waals surface area contributed by atoms with Gasteiger partial charge >= 0.3 is 5.97 Å². The van der Waals surface area contributed by atoms with E-state index in [9.17, 15) is 14.7 Å². The zero-order valence-corrected chi connectivity index (χ0v) is 14.8. The van der Waals surface area contributed by atoms with Crippen LogP contribution in [0.5, 0.6) is 0 Å². The average Bonchev–Trinajstić information content (AvgIpc) is 3.05. The summed E-state index contributed by atoms with van der Waals surface area (Å²) in [6, 6.07) is 6.95. The lowest BCUT2D eigenvalue weighted by atomic mass is 10.1. The molecule has 0 fully saturated rings. The minimum absolute atomic E-state index is 0.205. The minimum Gasteiger partial charge on any atom is -0.476 e. The Morgan fingerprint density at radius 2 is 1.85 bits per heavy atom. The number of nitrogens with one attached hydrogen (secondary N) is 2. The monoisotopic (exact) mass is 387 g/mol. The number of H-pyrrole nitrogens is 1. The Kier molecular flexibility index (Phi) is 5.43. The molecule has 0 atom stereocenters. The van der Waals surface area contributed by atoms with E-state index >= 15 is 0 Å². The van der Waals surface area contributed by atoms with Crippen molar-refractivity contribution in [3.63, 3.8) is 0 Å². The van der Waals surface area contributed by atoms with Gasteiger partial charge in [0.05, 0.1) is 12.3 Å². The molecule has 0 saturated carbocycles. The molecule has 0 bridgehead atoms. The molecule has 3 aromatic rings. The van der Waals surface area contributed by atoms with Gasteiger partial charge in [-0.2, -0.15) is 5.10 Å². The molecule has 3 rings (SSSR count). The molecule has 138 valence electrons. The molecule has 0 aliphatic heterocycles. The molecule has 3 N–H and O–H groups in total. The molecule has 1 amide bonds. The Morgan fingerprint density at radius 3 is 2.48 bits per heavy atom. The third-order valence-electron chi connectivity index (χ3n) is 3.61. The number of halogens is 1. The van der Waals surface area contributed by atoms with Gasteiger partial charge in [0.15, 0.2) is 17.2 Å². The van der Waals surface area contributed by atoms with Crippen molar-refractivity contribution in [1.82, 2.24) is 20.2 Å². The van der Waals surface area contributed by atoms with Crippen LogP contribution in [0.15, 0.2) is 36.7 Å². The molecule has 2 heterocycles. The van der Waals surface area contributed by atoms with Gasteiger partial charge < -0.3 is 15.2 Å². The minimum atomic E-state index is -1.35. The summed E-state index contributed by atoms with van der Waals surface area (Å²) in [7, 11) is 1.53. The summed E-state index contributed by atoms with van der Waals surface area (Å²) in [6.45, 7) is 0.229. The summed E-state index contributed by atoms with van der Waals surface area (Å²) in [6.07, 6.45) is 2.44. The number of hydrogen-bond acceptors (Lipinski definition) is 6. The Labute approximate surface area is 158 Å². The highest BCUT2D eigenvalue weighted by Gasteiger charge is 2.23. The molecule has 0 aliphatic rings. The summed E-state index contributed by atoms with van der Waals surface area (Å²) >= 11 is 5.94. The second kappa shape index (κ2) is 7.94. The number of carbonyl (C=O) groups excluding carboxylic acids is 1. The van der Waals surface area contributed by atoms with Crippen LogP contribution in [0, 0.1) is 0 Å². The van der Waals surface area contributed by atoms with Crippen molar-refractivity contribution < 1.29 is 19.4 Å². The molecule has 9 nitrogen and oxygen atoms in total. The number of rotatable bonds is 6. The first-order chi connectivity index (χ1) is 13.0. The van der Waals surface area contributed by atoms with Crippen LogP contribution in [0.4, 0.5) is 5.82 Å². The standard InChI is InChI=1S/C17H14ClN5O4/c1-27-8-11-12(9-2-4-10(18)5-3-9)15(23-22-11)21-16(24)13-14(17(25)26)20-7-6-19-13/h2-7H,8H2,1H3,(H,25,26)(H2,21,22,23,24). The summed E-state index contributed by atoms with van der Waals surface area (Å²) < 4.78 is 5.16. The summed E-state index contributed by atoms with van der Waals surface area (Å²) in [4.78, 5) is 31.3. The van der Waals surface area contributed by atoms with Crippen LogP contribution < -0.4 is 5.32 Å². The fourth-order valence-corrected chi connectivity index (χ4v) is 2.60. The first kappa shape index (κ1) is 18.5. The first-order valence-corrected chi connectivity index (χ1v) is 8.06. The quantitative estimate of drug-likeness (QED) is 0.592. The first-order valence-electron chi connectivity index (χ1n) is 7.69. The molecule has 0 unspecified atom stereocenters. The highest BCUT2D eigenvalue weighted by Crippen LogP contribution is 2.31. The fourth-order valence-electron chi connectivity index (χ4n) is 2.47. The van der Waals surface area contributed by atoms with Gasteiger partial charge in [-0.05, 0) is 17.7 Å². The number of carboxylic acid groups (broad SMARTS) is 1. The van der Waals surface area contributed by atoms with Crippen LogP contribution >= 0.6 is 11.6 Å². The lowest BCUT2D eigenvalue weighted by molar-refractivity contribution is 0.0685. The second-order valence-electron chi connectivity index (χ2n) is 5.38. The molecule has 1 aromatic carbocycles. The van der Waals surface area contributed by atoms with Gasteiger partial charge in [0, 0.05) is 30.1 Å². The maximum Gasteiger partial charge on any atom is 0.356 e. The lowest BCUT2D eigenvalue weighted by Gasteiger charge is -2.08. The number of aromatic amines is 1. The number of carbonyl (C=O) groups is 2. The van der Waals surface area contributed by atoms with Crippen LogP contribution in [0.1, 0.15) is 26.7 Å². The Balaban J connectivity index is 1.99. The fraction of sp³-hybridized carbons (Fsp3) is 0.118. The van der Waals surface area contributed by atoms with Crippen LogP contribution in [0.25, 0.3) is 11.1 Å². The summed E-state index contributed by atoms with van der Waals surface area (Å²) in [5.41, 5.74) is 1.21. The van der Waals surface area contributed by atoms with E-state index in [0.29, 0.717) is 16.3 Å². The van der Waals surface area contributed by atoms with Crippen molar-refractivity contribution in [2.75, 3.05) is 12.4 Å². The highest BCUT2D eigenvalue weighted by molar-refractivity contribution is 6.30. The summed E-state index contributed by atoms with van der Waals surface area (Å²) in [5.74, 6) is -1.89. The van der Waals surface area contributed by atoms with E-state index in [1.54, 1.807) is 24.3 Å². The zero-order chi connectivity index (χ0) is 19.4. The van der Waals surface area contributed by atoms with Crippen molar-refractivity contribution in [3.05, 3.63) is 58.8 Å². The number of aromatic carboxylic acids is 1. The molecule has 2 aromatic heterocycles. The molecule has 10 heteroatoms. The Bertz CT molecular complexity index is 987. The number of methoxy groups -OCH3 is 1. The maximum absolute atomic E-state index is 12.6. The van der Waals surface area contributed by atoms with Crippen LogP contribution in [-0.2, 0) is 11.3 Å². The highest BCUT2D eigenvalue weighted by atomic mass is 35.5. The molecular formula is C17H14ClN5O4. The van der Waals surface area contributed by atoms with Crippen molar-refractivity contribution >= 4 is 29.3 Å². The molecule has 27 heavy (non-hydrogen) atoms. The third kappa shape index (κ3) is 3.94. The Morgan fingerprint density at radius 1 is 1.19 bits per heavy atom. The van der Waals surface area contributed by atoms with Gasteiger partial charge in [-0.3, -0.25) is 9.89 Å². The van der Waals surface area contributed by atoms with Gasteiger partial charge in [-0.1, -0.05) is 23.7 Å². The average molecular weight is 388 g/mol. The van der Waals surface area contributed by atoms with E-state index < -0.39 is 17.6 Å². The van der Waals surface area contributed by atoms with Gasteiger partial charge in [0.1, 0.15) is 0 Å². The van der Waals surface area contributed by atoms with Crippen molar-refractivity contribution in [3.8, 4) is 11.1 Å². The van der Waals surface area contributed by atoms with Crippen LogP contribution in [0.3, 0.4) is 0 Å². The number of hydrogen-bond donors (Lipinski definition) is 3. The summed E-state index contributed by atoms with van der Waals surface area (Å²) in [5, 5.41) is 19.2. The number of aromatic nitrogens is 4. The predicted molar refractivity (Wildman–Crippen MR) is 96.7 cm³/mol. The van der Waals surface area contributed by atoms with E-state index in [-0.39, 0.29) is 18.1 Å². The molecule has 0 spiro atoms. The van der Waals surface area contributed by atoms with Crippen LogP contribution in [-0.4, -0.2) is 44.3 Å². The number of amides is 1. The SMILES string of the molecule is COCc1[nH]nc(NC(=O)c2nccnc2C(=O)O)c1-c1ccc(Cl)cc1. The number of ether oxygens (including phenoxy) is 1. The molecule has 0 saturated heterocycles.